The van der Waals surface area contributed by atoms with Gasteiger partial charge >= 0.3 is 0 Å². The lowest BCUT2D eigenvalue weighted by atomic mass is 10.1. The number of likely N-dealkylation sites (tertiary alicyclic amines) is 1. The molecule has 0 unspecified atom stereocenters. The van der Waals surface area contributed by atoms with Crippen LogP contribution < -0.4 is 9.46 Å². The van der Waals surface area contributed by atoms with Gasteiger partial charge in [-0.25, -0.2) is 18.1 Å². The predicted molar refractivity (Wildman–Crippen MR) is 98.9 cm³/mol. The van der Waals surface area contributed by atoms with E-state index < -0.39 is 10.0 Å². The number of benzene rings is 1. The van der Waals surface area contributed by atoms with Crippen LogP contribution in [0.3, 0.4) is 0 Å². The highest BCUT2D eigenvalue weighted by Gasteiger charge is 2.27. The van der Waals surface area contributed by atoms with Crippen molar-refractivity contribution in [3.8, 4) is 5.75 Å². The molecular weight excluding hydrogens is 368 g/mol. The van der Waals surface area contributed by atoms with Gasteiger partial charge in [-0.15, -0.1) is 0 Å². The molecule has 2 heterocycles. The molecule has 0 spiro atoms. The Morgan fingerprint density at radius 2 is 1.93 bits per heavy atom. The van der Waals surface area contributed by atoms with Gasteiger partial charge in [0.25, 0.3) is 5.91 Å². The number of aromatic nitrogens is 2. The zero-order chi connectivity index (χ0) is 19.3. The number of hydrogen-bond donors (Lipinski definition) is 1. The van der Waals surface area contributed by atoms with Crippen LogP contribution in [0, 0.1) is 0 Å². The number of sulfonamides is 1. The normalized spacial score (nSPS) is 15.5. The first-order valence-electron chi connectivity index (χ1n) is 8.80. The molecule has 1 aliphatic rings. The topological polar surface area (TPSA) is 101 Å². The second-order valence-electron chi connectivity index (χ2n) is 6.18. The number of piperidine rings is 1. The summed E-state index contributed by atoms with van der Waals surface area (Å²) in [6, 6.07) is 6.12. The molecule has 0 saturated carbocycles. The Morgan fingerprint density at radius 3 is 2.52 bits per heavy atom. The van der Waals surface area contributed by atoms with Gasteiger partial charge in [0.05, 0.1) is 17.7 Å². The predicted octanol–water partition coefficient (Wildman–Crippen LogP) is 1.46. The SMILES string of the molecule is CCOc1ccc(S(=O)(=O)NC2CCN(C(=O)c3cnccn3)CC2)cc1. The number of carbonyl (C=O) groups is 1. The van der Waals surface area contributed by atoms with Crippen LogP contribution in [-0.2, 0) is 10.0 Å². The third-order valence-corrected chi connectivity index (χ3v) is 5.87. The minimum absolute atomic E-state index is 0.184. The fourth-order valence-corrected chi connectivity index (χ4v) is 4.25. The highest BCUT2D eigenvalue weighted by molar-refractivity contribution is 7.89. The monoisotopic (exact) mass is 390 g/mol. The molecule has 8 nitrogen and oxygen atoms in total. The Labute approximate surface area is 158 Å². The number of rotatable bonds is 6. The molecule has 0 radical (unpaired) electrons. The van der Waals surface area contributed by atoms with Gasteiger partial charge in [0.1, 0.15) is 11.4 Å². The van der Waals surface area contributed by atoms with Crippen LogP contribution in [0.2, 0.25) is 0 Å². The molecule has 2 aromatic rings. The molecule has 1 fully saturated rings. The molecule has 1 aromatic carbocycles. The number of ether oxygens (including phenoxy) is 1. The van der Waals surface area contributed by atoms with Crippen LogP contribution in [0.5, 0.6) is 5.75 Å². The molecule has 1 aromatic heterocycles. The van der Waals surface area contributed by atoms with Crippen molar-refractivity contribution in [3.05, 3.63) is 48.5 Å². The average molecular weight is 390 g/mol. The van der Waals surface area contributed by atoms with Crippen LogP contribution in [0.1, 0.15) is 30.3 Å². The lowest BCUT2D eigenvalue weighted by Crippen LogP contribution is -2.46. The van der Waals surface area contributed by atoms with E-state index in [2.05, 4.69) is 14.7 Å². The molecule has 3 rings (SSSR count). The highest BCUT2D eigenvalue weighted by Crippen LogP contribution is 2.19. The van der Waals surface area contributed by atoms with Crippen molar-refractivity contribution >= 4 is 15.9 Å². The Hall–Kier alpha value is -2.52. The van der Waals surface area contributed by atoms with Gasteiger partial charge in [0.2, 0.25) is 10.0 Å². The zero-order valence-corrected chi connectivity index (χ0v) is 15.9. The minimum Gasteiger partial charge on any atom is -0.494 e. The molecule has 1 aliphatic heterocycles. The van der Waals surface area contributed by atoms with E-state index in [1.165, 1.54) is 30.7 Å². The van der Waals surface area contributed by atoms with E-state index in [0.717, 1.165) is 0 Å². The largest absolute Gasteiger partial charge is 0.494 e. The van der Waals surface area contributed by atoms with E-state index in [1.807, 2.05) is 6.92 Å². The summed E-state index contributed by atoms with van der Waals surface area (Å²) in [6.07, 6.45) is 5.51. The Morgan fingerprint density at radius 1 is 1.22 bits per heavy atom. The summed E-state index contributed by atoms with van der Waals surface area (Å²) < 4.78 is 33.2. The van der Waals surface area contributed by atoms with Crippen LogP contribution in [0.25, 0.3) is 0 Å². The molecule has 0 bridgehead atoms. The molecule has 1 saturated heterocycles. The summed E-state index contributed by atoms with van der Waals surface area (Å²) in [7, 11) is -3.61. The van der Waals surface area contributed by atoms with Crippen molar-refractivity contribution < 1.29 is 17.9 Å². The molecule has 1 N–H and O–H groups in total. The molecule has 144 valence electrons. The zero-order valence-electron chi connectivity index (χ0n) is 15.0. The number of nitrogens with zero attached hydrogens (tertiary/aromatic N) is 3. The summed E-state index contributed by atoms with van der Waals surface area (Å²) in [5, 5.41) is 0. The number of hydrogen-bond acceptors (Lipinski definition) is 6. The lowest BCUT2D eigenvalue weighted by Gasteiger charge is -2.32. The smallest absolute Gasteiger partial charge is 0.274 e. The van der Waals surface area contributed by atoms with Crippen LogP contribution in [-0.4, -0.2) is 54.9 Å². The number of nitrogens with one attached hydrogen (secondary N) is 1. The molecule has 9 heteroatoms. The maximum Gasteiger partial charge on any atom is 0.274 e. The van der Waals surface area contributed by atoms with E-state index >= 15 is 0 Å². The second kappa shape index (κ2) is 8.45. The second-order valence-corrected chi connectivity index (χ2v) is 7.90. The first kappa shape index (κ1) is 19.2. The highest BCUT2D eigenvalue weighted by atomic mass is 32.2. The summed E-state index contributed by atoms with van der Waals surface area (Å²) in [5.41, 5.74) is 0.297. The maximum absolute atomic E-state index is 12.6. The van der Waals surface area contributed by atoms with Gasteiger partial charge in [-0.05, 0) is 44.0 Å². The van der Waals surface area contributed by atoms with Crippen LogP contribution in [0.4, 0.5) is 0 Å². The van der Waals surface area contributed by atoms with Crippen LogP contribution in [0.15, 0.2) is 47.8 Å². The first-order chi connectivity index (χ1) is 13.0. The molecule has 0 atom stereocenters. The molecule has 27 heavy (non-hydrogen) atoms. The average Bonchev–Trinajstić information content (AvgIpc) is 2.69. The summed E-state index contributed by atoms with van der Waals surface area (Å²) >= 11 is 0. The van der Waals surface area contributed by atoms with Crippen molar-refractivity contribution in [2.24, 2.45) is 0 Å². The molecule has 0 aliphatic carbocycles. The van der Waals surface area contributed by atoms with Gasteiger partial charge in [-0.3, -0.25) is 9.78 Å². The van der Waals surface area contributed by atoms with Crippen molar-refractivity contribution in [3.63, 3.8) is 0 Å². The standard InChI is InChI=1S/C18H22N4O4S/c1-2-26-15-3-5-16(6-4-15)27(24,25)21-14-7-11-22(12-8-14)18(23)17-13-19-9-10-20-17/h3-6,9-10,13-14,21H,2,7-8,11-12H2,1H3. The number of amides is 1. The Kier molecular flexibility index (Phi) is 6.02. The fraction of sp³-hybridized carbons (Fsp3) is 0.389. The molecular formula is C18H22N4O4S. The summed E-state index contributed by atoms with van der Waals surface area (Å²) in [6.45, 7) is 3.32. The summed E-state index contributed by atoms with van der Waals surface area (Å²) in [5.74, 6) is 0.447. The summed E-state index contributed by atoms with van der Waals surface area (Å²) in [4.78, 5) is 22.2. The van der Waals surface area contributed by atoms with E-state index in [9.17, 15) is 13.2 Å². The van der Waals surface area contributed by atoms with Crippen molar-refractivity contribution in [2.45, 2.75) is 30.7 Å². The van der Waals surface area contributed by atoms with E-state index in [0.29, 0.717) is 44.0 Å². The Balaban J connectivity index is 1.57. The minimum atomic E-state index is -3.61. The Bertz CT molecular complexity index is 864. The molecule has 1 amide bonds. The van der Waals surface area contributed by atoms with E-state index in [1.54, 1.807) is 17.0 Å². The number of carbonyl (C=O) groups excluding carboxylic acids is 1. The lowest BCUT2D eigenvalue weighted by molar-refractivity contribution is 0.0705. The van der Waals surface area contributed by atoms with Crippen molar-refractivity contribution in [1.29, 1.82) is 0 Å². The van der Waals surface area contributed by atoms with E-state index in [-0.39, 0.29) is 16.8 Å². The fourth-order valence-electron chi connectivity index (χ4n) is 2.94. The van der Waals surface area contributed by atoms with E-state index in [4.69, 9.17) is 4.74 Å². The van der Waals surface area contributed by atoms with Gasteiger partial charge in [-0.1, -0.05) is 0 Å². The maximum atomic E-state index is 12.6. The van der Waals surface area contributed by atoms with Crippen molar-refractivity contribution in [1.82, 2.24) is 19.6 Å². The third-order valence-electron chi connectivity index (χ3n) is 4.33. The van der Waals surface area contributed by atoms with Gasteiger partial charge in [0, 0.05) is 31.5 Å². The van der Waals surface area contributed by atoms with Gasteiger partial charge < -0.3 is 9.64 Å². The van der Waals surface area contributed by atoms with Crippen molar-refractivity contribution in [2.75, 3.05) is 19.7 Å². The van der Waals surface area contributed by atoms with Gasteiger partial charge in [0.15, 0.2) is 0 Å². The quantitative estimate of drug-likeness (QED) is 0.801. The third kappa shape index (κ3) is 4.81. The first-order valence-corrected chi connectivity index (χ1v) is 10.3. The van der Waals surface area contributed by atoms with Crippen LogP contribution >= 0.6 is 0 Å². The van der Waals surface area contributed by atoms with Gasteiger partial charge in [-0.2, -0.15) is 0 Å².